The summed E-state index contributed by atoms with van der Waals surface area (Å²) in [4.78, 5) is 23.0. The molecule has 0 fully saturated rings. The number of unbranched alkanes of at least 4 members (excludes halogenated alkanes) is 8. The number of carbonyl (C=O) groups excluding carboxylic acids is 2. The van der Waals surface area contributed by atoms with Crippen LogP contribution in [0.2, 0.25) is 0 Å². The summed E-state index contributed by atoms with van der Waals surface area (Å²) >= 11 is 0. The van der Waals surface area contributed by atoms with Gasteiger partial charge in [-0.3, -0.25) is 18.3 Å². The van der Waals surface area contributed by atoms with Crippen LogP contribution in [-0.2, 0) is 33.6 Å². The minimum absolute atomic E-state index is 0.118. The van der Waals surface area contributed by atoms with E-state index in [9.17, 15) is 18.0 Å². The van der Waals surface area contributed by atoms with E-state index in [1.165, 1.54) is 38.5 Å². The van der Waals surface area contributed by atoms with Crippen molar-refractivity contribution in [1.82, 2.24) is 5.32 Å². The van der Waals surface area contributed by atoms with Crippen LogP contribution in [0.25, 0.3) is 0 Å². The topological polar surface area (TPSA) is 128 Å². The van der Waals surface area contributed by atoms with Crippen LogP contribution in [0.3, 0.4) is 0 Å². The monoisotopic (exact) mass is 469 g/mol. The first-order chi connectivity index (χ1) is 14.8. The maximum Gasteiger partial charge on any atom is 0.397 e. The van der Waals surface area contributed by atoms with Gasteiger partial charge in [-0.05, 0) is 12.8 Å². The Bertz CT molecular complexity index is 495. The van der Waals surface area contributed by atoms with E-state index < -0.39 is 10.4 Å². The van der Waals surface area contributed by atoms with E-state index in [2.05, 4.69) is 23.3 Å². The van der Waals surface area contributed by atoms with Gasteiger partial charge in [0.25, 0.3) is 0 Å². The van der Waals surface area contributed by atoms with Gasteiger partial charge < -0.3 is 14.8 Å². The Labute approximate surface area is 188 Å². The average molecular weight is 470 g/mol. The zero-order chi connectivity index (χ0) is 23.8. The second kappa shape index (κ2) is 23.4. The van der Waals surface area contributed by atoms with Crippen LogP contribution in [-0.4, -0.2) is 58.3 Å². The Morgan fingerprint density at radius 3 is 1.42 bits per heavy atom. The zero-order valence-corrected chi connectivity index (χ0v) is 20.3. The third-order valence-electron chi connectivity index (χ3n) is 4.26. The van der Waals surface area contributed by atoms with Crippen molar-refractivity contribution >= 4 is 22.3 Å². The number of rotatable bonds is 19. The lowest BCUT2D eigenvalue weighted by Crippen LogP contribution is -2.26. The molecule has 0 aliphatic heterocycles. The molecule has 0 aliphatic carbocycles. The molecule has 31 heavy (non-hydrogen) atoms. The van der Waals surface area contributed by atoms with Crippen molar-refractivity contribution in [2.24, 2.45) is 0 Å². The molecule has 0 saturated carbocycles. The summed E-state index contributed by atoms with van der Waals surface area (Å²) in [6.07, 6.45) is 12.4. The van der Waals surface area contributed by atoms with Crippen molar-refractivity contribution in [1.29, 1.82) is 0 Å². The number of ether oxygens (including phenoxy) is 2. The molecule has 0 bridgehead atoms. The summed E-state index contributed by atoms with van der Waals surface area (Å²) in [7, 11) is -3.29. The molecule has 0 amide bonds. The van der Waals surface area contributed by atoms with Crippen molar-refractivity contribution < 1.29 is 36.2 Å². The van der Waals surface area contributed by atoms with Crippen LogP contribution in [0.1, 0.15) is 90.9 Å². The van der Waals surface area contributed by atoms with Gasteiger partial charge in [0.15, 0.2) is 0 Å². The number of carbonyl (C=O) groups is 2. The smallest absolute Gasteiger partial charge is 0.397 e. The molecule has 0 aromatic rings. The molecule has 0 rings (SSSR count). The molecule has 0 aromatic carbocycles. The van der Waals surface area contributed by atoms with Gasteiger partial charge in [0.05, 0.1) is 7.11 Å². The van der Waals surface area contributed by atoms with Gasteiger partial charge in [0.2, 0.25) is 0 Å². The van der Waals surface area contributed by atoms with E-state index >= 15 is 0 Å². The van der Waals surface area contributed by atoms with Gasteiger partial charge in [-0.1, -0.05) is 65.2 Å². The maximum absolute atomic E-state index is 11.5. The first-order valence-electron chi connectivity index (χ1n) is 11.3. The van der Waals surface area contributed by atoms with Crippen molar-refractivity contribution in [2.75, 3.05) is 33.4 Å². The van der Waals surface area contributed by atoms with Crippen LogP contribution in [0, 0.1) is 0 Å². The minimum Gasteiger partial charge on any atom is -0.464 e. The van der Waals surface area contributed by atoms with Crippen molar-refractivity contribution in [2.45, 2.75) is 90.9 Å². The van der Waals surface area contributed by atoms with E-state index in [1.807, 2.05) is 0 Å². The van der Waals surface area contributed by atoms with Gasteiger partial charge in [0.1, 0.15) is 13.2 Å². The second-order valence-electron chi connectivity index (χ2n) is 7.11. The highest BCUT2D eigenvalue weighted by Gasteiger charge is 2.03. The molecule has 0 atom stereocenters. The second-order valence-corrected chi connectivity index (χ2v) is 8.30. The Balaban J connectivity index is 0. The van der Waals surface area contributed by atoms with Crippen molar-refractivity contribution in [3.63, 3.8) is 0 Å². The third-order valence-corrected chi connectivity index (χ3v) is 4.68. The number of esters is 2. The molecular formula is C21H43NO8S. The van der Waals surface area contributed by atoms with Crippen LogP contribution in [0.5, 0.6) is 0 Å². The Hall–Kier alpha value is -1.23. The lowest BCUT2D eigenvalue weighted by atomic mass is 10.1. The van der Waals surface area contributed by atoms with Gasteiger partial charge in [-0.2, -0.15) is 8.42 Å². The van der Waals surface area contributed by atoms with Crippen LogP contribution >= 0.6 is 0 Å². The average Bonchev–Trinajstić information content (AvgIpc) is 2.72. The van der Waals surface area contributed by atoms with Gasteiger partial charge >= 0.3 is 22.3 Å². The highest BCUT2D eigenvalue weighted by molar-refractivity contribution is 7.80. The fourth-order valence-corrected chi connectivity index (χ4v) is 2.49. The van der Waals surface area contributed by atoms with Crippen LogP contribution in [0.4, 0.5) is 0 Å². The highest BCUT2D eigenvalue weighted by Crippen LogP contribution is 2.06. The molecular weight excluding hydrogens is 426 g/mol. The normalized spacial score (nSPS) is 10.8. The largest absolute Gasteiger partial charge is 0.464 e. The third kappa shape index (κ3) is 31.0. The van der Waals surface area contributed by atoms with Gasteiger partial charge in [-0.15, -0.1) is 0 Å². The summed E-state index contributed by atoms with van der Waals surface area (Å²) in [5.41, 5.74) is 0. The molecule has 0 radical (unpaired) electrons. The summed E-state index contributed by atoms with van der Waals surface area (Å²) < 4.78 is 40.0. The Morgan fingerprint density at radius 2 is 1.10 bits per heavy atom. The van der Waals surface area contributed by atoms with E-state index in [-0.39, 0.29) is 11.9 Å². The molecule has 9 nitrogen and oxygen atoms in total. The Kier molecular flexibility index (Phi) is 24.2. The molecule has 2 N–H and O–H groups in total. The van der Waals surface area contributed by atoms with E-state index in [4.69, 9.17) is 14.0 Å². The molecule has 0 spiro atoms. The number of hydrogen-bond acceptors (Lipinski definition) is 8. The predicted molar refractivity (Wildman–Crippen MR) is 120 cm³/mol. The zero-order valence-electron chi connectivity index (χ0n) is 19.5. The first-order valence-corrected chi connectivity index (χ1v) is 12.7. The molecule has 0 unspecified atom stereocenters. The standard InChI is InChI=1S/C20H39NO4.CH4O4S/c1-3-5-7-9-11-13-19(22)24-17-15-21-16-18-25-20(23)14-12-10-8-6-4-2;1-5-6(2,3)4/h21H,3-18H2,1-2H3;1H3,(H,2,3,4). The fourth-order valence-electron chi connectivity index (χ4n) is 2.49. The summed E-state index contributed by atoms with van der Waals surface area (Å²) in [5.74, 6) is -0.236. The minimum atomic E-state index is -4.16. The number of nitrogens with one attached hydrogen (secondary N) is 1. The predicted octanol–water partition coefficient (Wildman–Crippen LogP) is 3.82. The number of hydrogen-bond donors (Lipinski definition) is 2. The quantitative estimate of drug-likeness (QED) is 0.165. The SMILES string of the molecule is CCCCCCCC(=O)OCCNCCOC(=O)CCCCCCC.COS(=O)(=O)O. The molecule has 0 saturated heterocycles. The lowest BCUT2D eigenvalue weighted by Gasteiger charge is -2.08. The van der Waals surface area contributed by atoms with Gasteiger partial charge in [-0.25, -0.2) is 0 Å². The molecule has 0 aromatic heterocycles. The highest BCUT2D eigenvalue weighted by atomic mass is 32.3. The lowest BCUT2D eigenvalue weighted by molar-refractivity contribution is -0.143. The Morgan fingerprint density at radius 1 is 0.742 bits per heavy atom. The summed E-state index contributed by atoms with van der Waals surface area (Å²) in [6.45, 7) is 6.29. The van der Waals surface area contributed by atoms with Crippen molar-refractivity contribution in [3.8, 4) is 0 Å². The molecule has 0 heterocycles. The van der Waals surface area contributed by atoms with E-state index in [0.29, 0.717) is 39.1 Å². The van der Waals surface area contributed by atoms with Crippen molar-refractivity contribution in [3.05, 3.63) is 0 Å². The van der Waals surface area contributed by atoms with E-state index in [0.717, 1.165) is 32.8 Å². The maximum atomic E-state index is 11.5. The molecule has 0 aliphatic rings. The van der Waals surface area contributed by atoms with Crippen LogP contribution < -0.4 is 5.32 Å². The molecule has 186 valence electrons. The van der Waals surface area contributed by atoms with Gasteiger partial charge in [0, 0.05) is 25.9 Å². The molecule has 10 heteroatoms. The summed E-state index contributed by atoms with van der Waals surface area (Å²) in [5, 5.41) is 3.11. The summed E-state index contributed by atoms with van der Waals surface area (Å²) in [6, 6.07) is 0. The first kappa shape index (κ1) is 32.0. The van der Waals surface area contributed by atoms with Crippen LogP contribution in [0.15, 0.2) is 0 Å². The van der Waals surface area contributed by atoms with E-state index in [1.54, 1.807) is 0 Å². The fraction of sp³-hybridized carbons (Fsp3) is 0.905.